The van der Waals surface area contributed by atoms with Crippen LogP contribution in [0.25, 0.3) is 11.1 Å². The van der Waals surface area contributed by atoms with Crippen LogP contribution in [0.5, 0.6) is 5.75 Å². The average molecular weight is 386 g/mol. The molecule has 1 amide bonds. The molecule has 0 saturated carbocycles. The van der Waals surface area contributed by atoms with Gasteiger partial charge in [-0.1, -0.05) is 6.07 Å². The number of nitrogens with two attached hydrogens (primary N) is 1. The summed E-state index contributed by atoms with van der Waals surface area (Å²) in [6.45, 7) is 6.00. The Labute approximate surface area is 154 Å². The van der Waals surface area contributed by atoms with E-state index in [0.717, 1.165) is 6.07 Å². The van der Waals surface area contributed by atoms with Gasteiger partial charge in [-0.15, -0.1) is 13.2 Å². The first-order valence-electron chi connectivity index (χ1n) is 8.08. The van der Waals surface area contributed by atoms with E-state index in [1.807, 2.05) is 0 Å². The van der Waals surface area contributed by atoms with Crippen LogP contribution in [0.2, 0.25) is 0 Å². The lowest BCUT2D eigenvalue weighted by Gasteiger charge is -2.19. The number of alkyl halides is 3. The average Bonchev–Trinajstić information content (AvgIpc) is 2.95. The Balaban J connectivity index is 1.95. The highest BCUT2D eigenvalue weighted by molar-refractivity contribution is 5.70. The molecule has 1 heterocycles. The lowest BCUT2D eigenvalue weighted by atomic mass is 10.1. The smallest absolute Gasteiger partial charge is 0.444 e. The molecule has 0 fully saturated rings. The molecule has 0 radical (unpaired) electrons. The highest BCUT2D eigenvalue weighted by Gasteiger charge is 2.32. The topological polar surface area (TPSA) is 91.4 Å². The number of carbonyl (C=O) groups is 1. The van der Waals surface area contributed by atoms with E-state index in [-0.39, 0.29) is 5.69 Å². The maximum Gasteiger partial charge on any atom is 0.573 e. The second kappa shape index (κ2) is 7.77. The summed E-state index contributed by atoms with van der Waals surface area (Å²) in [5.74, 6) is -0.458. The molecule has 0 aliphatic rings. The van der Waals surface area contributed by atoms with E-state index < -0.39 is 23.8 Å². The van der Waals surface area contributed by atoms with E-state index in [1.165, 1.54) is 12.1 Å². The zero-order valence-electron chi connectivity index (χ0n) is 15.1. The summed E-state index contributed by atoms with van der Waals surface area (Å²) < 4.78 is 47.4. The van der Waals surface area contributed by atoms with Crippen LogP contribution >= 0.6 is 0 Å². The van der Waals surface area contributed by atoms with Gasteiger partial charge in [0.2, 0.25) is 0 Å². The summed E-state index contributed by atoms with van der Waals surface area (Å²) in [6.07, 6.45) is -2.09. The van der Waals surface area contributed by atoms with Crippen LogP contribution < -0.4 is 15.8 Å². The molecule has 27 heavy (non-hydrogen) atoms. The van der Waals surface area contributed by atoms with Gasteiger partial charge in [-0.3, -0.25) is 4.68 Å². The van der Waals surface area contributed by atoms with Gasteiger partial charge in [0.25, 0.3) is 0 Å². The quantitative estimate of drug-likeness (QED) is 0.767. The van der Waals surface area contributed by atoms with Crippen molar-refractivity contribution in [2.45, 2.75) is 39.3 Å². The summed E-state index contributed by atoms with van der Waals surface area (Å²) in [5, 5.41) is 6.76. The normalized spacial score (nSPS) is 11.9. The second-order valence-corrected chi connectivity index (χ2v) is 6.72. The fourth-order valence-electron chi connectivity index (χ4n) is 2.17. The number of anilines is 1. The van der Waals surface area contributed by atoms with Crippen LogP contribution in [0.15, 0.2) is 30.6 Å². The summed E-state index contributed by atoms with van der Waals surface area (Å²) >= 11 is 0. The predicted molar refractivity (Wildman–Crippen MR) is 93.0 cm³/mol. The van der Waals surface area contributed by atoms with Gasteiger partial charge in [-0.2, -0.15) is 5.10 Å². The second-order valence-electron chi connectivity index (χ2n) is 6.72. The number of alkyl carbamates (subject to hydrolysis) is 1. The molecule has 2 aromatic rings. The first kappa shape index (κ1) is 20.4. The third kappa shape index (κ3) is 6.72. The van der Waals surface area contributed by atoms with Gasteiger partial charge in [0.05, 0.1) is 18.4 Å². The number of hydrogen-bond acceptors (Lipinski definition) is 5. The third-order valence-corrected chi connectivity index (χ3v) is 3.21. The molecule has 0 spiro atoms. The Morgan fingerprint density at radius 2 is 1.96 bits per heavy atom. The Hall–Kier alpha value is -2.91. The number of rotatable bonds is 5. The fourth-order valence-corrected chi connectivity index (χ4v) is 2.17. The minimum atomic E-state index is -4.80. The number of amides is 1. The minimum absolute atomic E-state index is 0.135. The molecule has 148 valence electrons. The van der Waals surface area contributed by atoms with Crippen molar-refractivity contribution in [1.29, 1.82) is 0 Å². The molecular weight excluding hydrogens is 365 g/mol. The molecule has 7 nitrogen and oxygen atoms in total. The van der Waals surface area contributed by atoms with Crippen LogP contribution in [0.4, 0.5) is 23.7 Å². The zero-order chi connectivity index (χ0) is 20.2. The number of benzene rings is 1. The molecule has 3 N–H and O–H groups in total. The lowest BCUT2D eigenvalue weighted by Crippen LogP contribution is -2.34. The fraction of sp³-hybridized carbons (Fsp3) is 0.412. The molecular formula is C17H21F3N4O3. The molecule has 0 saturated heterocycles. The Bertz CT molecular complexity index is 797. The van der Waals surface area contributed by atoms with Gasteiger partial charge >= 0.3 is 12.5 Å². The summed E-state index contributed by atoms with van der Waals surface area (Å²) in [6, 6.07) is 3.98. The van der Waals surface area contributed by atoms with E-state index >= 15 is 0 Å². The Morgan fingerprint density at radius 1 is 1.26 bits per heavy atom. The van der Waals surface area contributed by atoms with Crippen molar-refractivity contribution in [3.63, 3.8) is 0 Å². The SMILES string of the molecule is CC(C)(C)OC(=O)NCCn1cc(-c2ccc(OC(F)(F)F)c(N)c2)cn1. The van der Waals surface area contributed by atoms with E-state index in [0.29, 0.717) is 24.2 Å². The molecule has 0 aliphatic heterocycles. The Morgan fingerprint density at radius 3 is 2.56 bits per heavy atom. The number of nitrogens with zero attached hydrogens (tertiary/aromatic N) is 2. The predicted octanol–water partition coefficient (Wildman–Crippen LogP) is 3.56. The Kier molecular flexibility index (Phi) is 5.87. The van der Waals surface area contributed by atoms with Gasteiger partial charge < -0.3 is 20.5 Å². The van der Waals surface area contributed by atoms with Crippen molar-refractivity contribution in [3.05, 3.63) is 30.6 Å². The van der Waals surface area contributed by atoms with Crippen molar-refractivity contribution in [1.82, 2.24) is 15.1 Å². The number of halogens is 3. The summed E-state index contributed by atoms with van der Waals surface area (Å²) in [7, 11) is 0. The molecule has 0 atom stereocenters. The maximum absolute atomic E-state index is 12.3. The molecule has 1 aromatic heterocycles. The number of aromatic nitrogens is 2. The summed E-state index contributed by atoms with van der Waals surface area (Å²) in [5.41, 5.74) is 6.16. The van der Waals surface area contributed by atoms with Gasteiger partial charge in [-0.25, -0.2) is 4.79 Å². The van der Waals surface area contributed by atoms with Crippen molar-refractivity contribution in [3.8, 4) is 16.9 Å². The monoisotopic (exact) mass is 386 g/mol. The standard InChI is InChI=1S/C17H21F3N4O3/c1-16(2,3)27-15(25)22-6-7-24-10-12(9-23-24)11-4-5-14(13(21)8-11)26-17(18,19)20/h4-5,8-10H,6-7,21H2,1-3H3,(H,22,25). The number of hydrogen-bond donors (Lipinski definition) is 2. The van der Waals surface area contributed by atoms with Crippen LogP contribution in [-0.2, 0) is 11.3 Å². The molecule has 1 aromatic carbocycles. The molecule has 0 aliphatic carbocycles. The molecule has 0 unspecified atom stereocenters. The van der Waals surface area contributed by atoms with Gasteiger partial charge in [0.1, 0.15) is 5.60 Å². The first-order valence-corrected chi connectivity index (χ1v) is 8.08. The van der Waals surface area contributed by atoms with E-state index in [9.17, 15) is 18.0 Å². The van der Waals surface area contributed by atoms with E-state index in [1.54, 1.807) is 37.8 Å². The van der Waals surface area contributed by atoms with Gasteiger partial charge in [-0.05, 0) is 38.5 Å². The van der Waals surface area contributed by atoms with E-state index in [4.69, 9.17) is 10.5 Å². The number of nitrogen functional groups attached to an aromatic ring is 1. The largest absolute Gasteiger partial charge is 0.573 e. The first-order chi connectivity index (χ1) is 12.4. The highest BCUT2D eigenvalue weighted by Crippen LogP contribution is 2.32. The third-order valence-electron chi connectivity index (χ3n) is 3.21. The molecule has 10 heteroatoms. The number of carbonyl (C=O) groups excluding carboxylic acids is 1. The summed E-state index contributed by atoms with van der Waals surface area (Å²) in [4.78, 5) is 11.6. The zero-order valence-corrected chi connectivity index (χ0v) is 15.1. The van der Waals surface area contributed by atoms with Crippen LogP contribution in [-0.4, -0.2) is 34.4 Å². The van der Waals surface area contributed by atoms with Crippen molar-refractivity contribution >= 4 is 11.8 Å². The van der Waals surface area contributed by atoms with Crippen LogP contribution in [0, 0.1) is 0 Å². The lowest BCUT2D eigenvalue weighted by molar-refractivity contribution is -0.274. The van der Waals surface area contributed by atoms with Crippen molar-refractivity contribution in [2.75, 3.05) is 12.3 Å². The number of nitrogens with one attached hydrogen (secondary N) is 1. The van der Waals surface area contributed by atoms with Crippen LogP contribution in [0.3, 0.4) is 0 Å². The maximum atomic E-state index is 12.3. The van der Waals surface area contributed by atoms with Crippen molar-refractivity contribution in [2.24, 2.45) is 0 Å². The number of ether oxygens (including phenoxy) is 2. The van der Waals surface area contributed by atoms with Crippen LogP contribution in [0.1, 0.15) is 20.8 Å². The highest BCUT2D eigenvalue weighted by atomic mass is 19.4. The minimum Gasteiger partial charge on any atom is -0.444 e. The van der Waals surface area contributed by atoms with Gasteiger partial charge in [0.15, 0.2) is 5.75 Å². The van der Waals surface area contributed by atoms with Gasteiger partial charge in [0, 0.05) is 18.3 Å². The van der Waals surface area contributed by atoms with E-state index in [2.05, 4.69) is 15.2 Å². The molecule has 0 bridgehead atoms. The molecule has 2 rings (SSSR count). The van der Waals surface area contributed by atoms with Crippen molar-refractivity contribution < 1.29 is 27.4 Å².